The quantitative estimate of drug-likeness (QED) is 0.572. The molecule has 1 heterocycles. The third-order valence-corrected chi connectivity index (χ3v) is 6.05. The van der Waals surface area contributed by atoms with Gasteiger partial charge in [0.1, 0.15) is 11.1 Å². The number of fused-ring (bicyclic) bond motifs is 1. The maximum Gasteiger partial charge on any atom is 0.225 e. The molecule has 0 spiro atoms. The van der Waals surface area contributed by atoms with Gasteiger partial charge < -0.3 is 5.32 Å². The number of amides is 1. The summed E-state index contributed by atoms with van der Waals surface area (Å²) in [5.41, 5.74) is 1.90. The van der Waals surface area contributed by atoms with Crippen LogP contribution in [0.15, 0.2) is 0 Å². The van der Waals surface area contributed by atoms with Crippen LogP contribution in [0.4, 0.5) is 5.00 Å². The predicted molar refractivity (Wildman–Crippen MR) is 101 cm³/mol. The van der Waals surface area contributed by atoms with Gasteiger partial charge in [-0.25, -0.2) is 0 Å². The average Bonchev–Trinajstić information content (AvgIpc) is 2.89. The van der Waals surface area contributed by atoms with E-state index in [2.05, 4.69) is 25.2 Å². The summed E-state index contributed by atoms with van der Waals surface area (Å²) in [7, 11) is 0. The molecule has 3 nitrogen and oxygen atoms in total. The van der Waals surface area contributed by atoms with E-state index >= 15 is 0 Å². The molecule has 0 fully saturated rings. The Morgan fingerprint density at radius 3 is 2.67 bits per heavy atom. The van der Waals surface area contributed by atoms with Crippen LogP contribution in [0.25, 0.3) is 0 Å². The van der Waals surface area contributed by atoms with Crippen LogP contribution < -0.4 is 5.32 Å². The summed E-state index contributed by atoms with van der Waals surface area (Å²) in [6.45, 7) is 4.48. The molecule has 1 aromatic heterocycles. The minimum atomic E-state index is 0.0618. The van der Waals surface area contributed by atoms with E-state index in [0.717, 1.165) is 42.7 Å². The highest BCUT2D eigenvalue weighted by atomic mass is 32.1. The molecule has 2 rings (SSSR count). The lowest BCUT2D eigenvalue weighted by Gasteiger charge is -2.17. The Labute approximate surface area is 150 Å². The third kappa shape index (κ3) is 5.34. The van der Waals surface area contributed by atoms with Crippen LogP contribution in [0.5, 0.6) is 0 Å². The van der Waals surface area contributed by atoms with Gasteiger partial charge in [-0.15, -0.1) is 11.3 Å². The van der Waals surface area contributed by atoms with E-state index in [-0.39, 0.29) is 5.91 Å². The summed E-state index contributed by atoms with van der Waals surface area (Å²) in [6, 6.07) is 2.32. The molecule has 1 unspecified atom stereocenters. The molecule has 0 saturated carbocycles. The van der Waals surface area contributed by atoms with Crippen molar-refractivity contribution >= 4 is 22.2 Å². The standard InChI is InChI=1S/C20H30N2OS/c1-3-4-5-6-7-8-9-10-19(23)22-20-17(14-21)16-12-11-15(2)13-18(16)24-20/h15H,3-13H2,1-2H3,(H,22,23). The molecule has 1 aliphatic rings. The molecule has 1 atom stereocenters. The van der Waals surface area contributed by atoms with Crippen LogP contribution in [0.2, 0.25) is 0 Å². The molecule has 0 bridgehead atoms. The molecular weight excluding hydrogens is 316 g/mol. The number of unbranched alkanes of at least 4 members (excludes halogenated alkanes) is 6. The molecular formula is C20H30N2OS. The van der Waals surface area contributed by atoms with Crippen molar-refractivity contribution in [2.75, 3.05) is 5.32 Å². The summed E-state index contributed by atoms with van der Waals surface area (Å²) < 4.78 is 0. The molecule has 0 radical (unpaired) electrons. The van der Waals surface area contributed by atoms with Gasteiger partial charge in [0.2, 0.25) is 5.91 Å². The number of hydrogen-bond acceptors (Lipinski definition) is 3. The number of nitrogens with one attached hydrogen (secondary N) is 1. The monoisotopic (exact) mass is 346 g/mol. The van der Waals surface area contributed by atoms with Crippen LogP contribution in [0.3, 0.4) is 0 Å². The van der Waals surface area contributed by atoms with Crippen LogP contribution in [-0.2, 0) is 17.6 Å². The fourth-order valence-corrected chi connectivity index (χ4v) is 4.77. The Balaban J connectivity index is 1.79. The van der Waals surface area contributed by atoms with Crippen LogP contribution >= 0.6 is 11.3 Å². The van der Waals surface area contributed by atoms with Gasteiger partial charge in [0, 0.05) is 11.3 Å². The Morgan fingerprint density at radius 1 is 1.25 bits per heavy atom. The molecule has 1 aromatic rings. The first-order valence-electron chi connectivity index (χ1n) is 9.50. The summed E-state index contributed by atoms with van der Waals surface area (Å²) in [5.74, 6) is 0.741. The van der Waals surface area contributed by atoms with E-state index in [4.69, 9.17) is 0 Å². The highest BCUT2D eigenvalue weighted by Crippen LogP contribution is 2.39. The molecule has 1 N–H and O–H groups in total. The van der Waals surface area contributed by atoms with Crippen molar-refractivity contribution in [1.82, 2.24) is 0 Å². The Bertz CT molecular complexity index is 585. The number of carbonyl (C=O) groups excluding carboxylic acids is 1. The zero-order valence-electron chi connectivity index (χ0n) is 15.1. The van der Waals surface area contributed by atoms with Crippen LogP contribution in [0, 0.1) is 17.2 Å². The number of thiophene rings is 1. The summed E-state index contributed by atoms with van der Waals surface area (Å²) in [5, 5.41) is 13.2. The van der Waals surface area contributed by atoms with Crippen molar-refractivity contribution in [1.29, 1.82) is 5.26 Å². The van der Waals surface area contributed by atoms with Gasteiger partial charge in [-0.1, -0.05) is 52.4 Å². The molecule has 132 valence electrons. The first kappa shape index (κ1) is 19.0. The van der Waals surface area contributed by atoms with Gasteiger partial charge in [-0.2, -0.15) is 5.26 Å². The summed E-state index contributed by atoms with van der Waals surface area (Å²) >= 11 is 1.62. The number of anilines is 1. The third-order valence-electron chi connectivity index (χ3n) is 4.88. The molecule has 0 aromatic carbocycles. The van der Waals surface area contributed by atoms with Crippen molar-refractivity contribution in [2.45, 2.75) is 84.5 Å². The summed E-state index contributed by atoms with van der Waals surface area (Å²) in [4.78, 5) is 13.5. The normalized spacial score (nSPS) is 16.5. The fraction of sp³-hybridized carbons (Fsp3) is 0.700. The number of carbonyl (C=O) groups is 1. The lowest BCUT2D eigenvalue weighted by atomic mass is 9.88. The van der Waals surface area contributed by atoms with E-state index in [1.54, 1.807) is 11.3 Å². The van der Waals surface area contributed by atoms with Crippen molar-refractivity contribution in [3.63, 3.8) is 0 Å². The smallest absolute Gasteiger partial charge is 0.225 e. The maximum absolute atomic E-state index is 12.2. The van der Waals surface area contributed by atoms with E-state index < -0.39 is 0 Å². The van der Waals surface area contributed by atoms with E-state index in [1.807, 2.05) is 0 Å². The SMILES string of the molecule is CCCCCCCCCC(=O)Nc1sc2c(c1C#N)CCC(C)C2. The van der Waals surface area contributed by atoms with E-state index in [1.165, 1.54) is 42.5 Å². The van der Waals surface area contributed by atoms with E-state index in [0.29, 0.717) is 12.3 Å². The lowest BCUT2D eigenvalue weighted by molar-refractivity contribution is -0.116. The largest absolute Gasteiger partial charge is 0.317 e. The molecule has 1 amide bonds. The van der Waals surface area contributed by atoms with Crippen molar-refractivity contribution in [2.24, 2.45) is 5.92 Å². The van der Waals surface area contributed by atoms with Crippen molar-refractivity contribution < 1.29 is 4.79 Å². The van der Waals surface area contributed by atoms with Gasteiger partial charge >= 0.3 is 0 Å². The first-order chi connectivity index (χ1) is 11.7. The number of nitrogens with zero attached hydrogens (tertiary/aromatic N) is 1. The maximum atomic E-state index is 12.2. The number of rotatable bonds is 9. The predicted octanol–water partition coefficient (Wildman–Crippen LogP) is 5.82. The summed E-state index contributed by atoms with van der Waals surface area (Å²) in [6.07, 6.45) is 12.2. The number of hydrogen-bond donors (Lipinski definition) is 1. The van der Waals surface area contributed by atoms with Crippen LogP contribution in [0.1, 0.15) is 87.6 Å². The minimum Gasteiger partial charge on any atom is -0.317 e. The van der Waals surface area contributed by atoms with Gasteiger partial charge in [0.05, 0.1) is 5.56 Å². The number of nitriles is 1. The van der Waals surface area contributed by atoms with Crippen molar-refractivity contribution in [3.05, 3.63) is 16.0 Å². The molecule has 4 heteroatoms. The van der Waals surface area contributed by atoms with Crippen LogP contribution in [-0.4, -0.2) is 5.91 Å². The zero-order chi connectivity index (χ0) is 17.4. The molecule has 0 saturated heterocycles. The highest BCUT2D eigenvalue weighted by molar-refractivity contribution is 7.16. The van der Waals surface area contributed by atoms with Crippen molar-refractivity contribution in [3.8, 4) is 6.07 Å². The van der Waals surface area contributed by atoms with Gasteiger partial charge in [-0.05, 0) is 37.2 Å². The zero-order valence-corrected chi connectivity index (χ0v) is 15.9. The minimum absolute atomic E-state index is 0.0618. The average molecular weight is 347 g/mol. The first-order valence-corrected chi connectivity index (χ1v) is 10.3. The lowest BCUT2D eigenvalue weighted by Crippen LogP contribution is -2.11. The fourth-order valence-electron chi connectivity index (χ4n) is 3.39. The Morgan fingerprint density at radius 2 is 1.96 bits per heavy atom. The Kier molecular flexibility index (Phi) is 7.78. The second-order valence-electron chi connectivity index (χ2n) is 7.09. The molecule has 1 aliphatic carbocycles. The Hall–Kier alpha value is -1.34. The van der Waals surface area contributed by atoms with E-state index in [9.17, 15) is 10.1 Å². The highest BCUT2D eigenvalue weighted by Gasteiger charge is 2.24. The second kappa shape index (κ2) is 9.84. The molecule has 0 aliphatic heterocycles. The molecule has 24 heavy (non-hydrogen) atoms. The second-order valence-corrected chi connectivity index (χ2v) is 8.19. The topological polar surface area (TPSA) is 52.9 Å². The van der Waals surface area contributed by atoms with Gasteiger partial charge in [0.15, 0.2) is 0 Å². The van der Waals surface area contributed by atoms with Gasteiger partial charge in [0.25, 0.3) is 0 Å². The van der Waals surface area contributed by atoms with Gasteiger partial charge in [-0.3, -0.25) is 4.79 Å².